The van der Waals surface area contributed by atoms with Crippen LogP contribution in [0.25, 0.3) is 5.69 Å². The Morgan fingerprint density at radius 1 is 1.21 bits per heavy atom. The molecule has 1 saturated heterocycles. The van der Waals surface area contributed by atoms with Crippen molar-refractivity contribution in [2.24, 2.45) is 0 Å². The van der Waals surface area contributed by atoms with Crippen LogP contribution < -0.4 is 4.90 Å². The minimum absolute atomic E-state index is 0.153. The van der Waals surface area contributed by atoms with Crippen molar-refractivity contribution in [3.05, 3.63) is 51.2 Å². The number of nitrogens with zero attached hydrogens (tertiary/aromatic N) is 6. The van der Waals surface area contributed by atoms with Gasteiger partial charge in [0.15, 0.2) is 6.67 Å². The molecule has 2 aromatic heterocycles. The minimum Gasteiger partial charge on any atom is -0.331 e. The molecule has 3 heterocycles. The number of benzene rings is 1. The number of aromatic nitrogens is 5. The van der Waals surface area contributed by atoms with Crippen LogP contribution in [0.2, 0.25) is 0 Å². The van der Waals surface area contributed by atoms with E-state index in [9.17, 15) is 4.79 Å². The van der Waals surface area contributed by atoms with E-state index in [-0.39, 0.29) is 5.91 Å². The first-order chi connectivity index (χ1) is 13.6. The summed E-state index contributed by atoms with van der Waals surface area (Å²) in [6.45, 7) is 5.80. The highest BCUT2D eigenvalue weighted by Crippen LogP contribution is 2.11. The van der Waals surface area contributed by atoms with Crippen LogP contribution in [-0.4, -0.2) is 61.8 Å². The molecule has 0 aliphatic carbocycles. The van der Waals surface area contributed by atoms with Gasteiger partial charge >= 0.3 is 0 Å². The van der Waals surface area contributed by atoms with Gasteiger partial charge in [-0.05, 0) is 41.7 Å². The van der Waals surface area contributed by atoms with Crippen molar-refractivity contribution in [2.45, 2.75) is 20.0 Å². The van der Waals surface area contributed by atoms with E-state index in [4.69, 9.17) is 12.2 Å². The maximum absolute atomic E-state index is 12.5. The van der Waals surface area contributed by atoms with E-state index in [0.29, 0.717) is 17.9 Å². The normalized spacial score (nSPS) is 15.1. The third kappa shape index (κ3) is 4.18. The van der Waals surface area contributed by atoms with Crippen LogP contribution in [-0.2, 0) is 17.9 Å². The molecule has 0 radical (unpaired) electrons. The molecule has 4 rings (SSSR count). The van der Waals surface area contributed by atoms with Gasteiger partial charge in [0.05, 0.1) is 38.3 Å². The van der Waals surface area contributed by atoms with Gasteiger partial charge in [0, 0.05) is 11.1 Å². The minimum atomic E-state index is 0.153. The van der Waals surface area contributed by atoms with Crippen LogP contribution >= 0.6 is 23.6 Å². The fraction of sp³-hybridized carbons (Fsp3) is 0.389. The quantitative estimate of drug-likeness (QED) is 0.613. The molecule has 0 saturated carbocycles. The SMILES string of the molecule is Cc1csc(CC(=O)N2CC[NH+](Cn3nnn(-c4ccccc4)c3=S)CC2)n1. The lowest BCUT2D eigenvalue weighted by molar-refractivity contribution is -0.927. The number of aryl methyl sites for hydroxylation is 1. The van der Waals surface area contributed by atoms with Crippen LogP contribution in [0.15, 0.2) is 35.7 Å². The summed E-state index contributed by atoms with van der Waals surface area (Å²) < 4.78 is 4.01. The predicted octanol–water partition coefficient (Wildman–Crippen LogP) is 0.491. The van der Waals surface area contributed by atoms with Gasteiger partial charge in [-0.15, -0.1) is 11.3 Å². The number of hydrogen-bond acceptors (Lipinski definition) is 6. The van der Waals surface area contributed by atoms with E-state index < -0.39 is 0 Å². The topological polar surface area (TPSA) is 73.3 Å². The molecule has 1 fully saturated rings. The smallest absolute Gasteiger partial charge is 0.229 e. The van der Waals surface area contributed by atoms with Gasteiger partial charge in [0.25, 0.3) is 0 Å². The van der Waals surface area contributed by atoms with Crippen molar-refractivity contribution in [2.75, 3.05) is 26.2 Å². The Bertz CT molecular complexity index is 1000. The van der Waals surface area contributed by atoms with Gasteiger partial charge in [-0.1, -0.05) is 18.2 Å². The van der Waals surface area contributed by atoms with Crippen molar-refractivity contribution in [1.29, 1.82) is 0 Å². The maximum atomic E-state index is 12.5. The maximum Gasteiger partial charge on any atom is 0.229 e. The molecular formula is C18H22N7OS2+. The first-order valence-electron chi connectivity index (χ1n) is 9.21. The van der Waals surface area contributed by atoms with Crippen LogP contribution in [0.1, 0.15) is 10.7 Å². The summed E-state index contributed by atoms with van der Waals surface area (Å²) in [6, 6.07) is 9.76. The molecule has 1 aliphatic rings. The lowest BCUT2D eigenvalue weighted by Crippen LogP contribution is -3.14. The Labute approximate surface area is 172 Å². The monoisotopic (exact) mass is 416 g/mol. The first kappa shape index (κ1) is 18.9. The number of thiazole rings is 1. The Balaban J connectivity index is 1.33. The molecular weight excluding hydrogens is 394 g/mol. The summed E-state index contributed by atoms with van der Waals surface area (Å²) >= 11 is 7.08. The number of quaternary nitrogens is 1. The second kappa shape index (κ2) is 8.29. The number of hydrogen-bond donors (Lipinski definition) is 1. The summed E-state index contributed by atoms with van der Waals surface area (Å²) in [5, 5.41) is 11.3. The molecule has 1 aromatic carbocycles. The number of rotatable bonds is 5. The molecule has 1 amide bonds. The van der Waals surface area contributed by atoms with Crippen LogP contribution in [0.4, 0.5) is 0 Å². The zero-order valence-electron chi connectivity index (χ0n) is 15.6. The number of amides is 1. The summed E-state index contributed by atoms with van der Waals surface area (Å²) in [4.78, 5) is 20.1. The number of piperazine rings is 1. The van der Waals surface area contributed by atoms with E-state index in [1.54, 1.807) is 20.7 Å². The highest BCUT2D eigenvalue weighted by atomic mass is 32.1. The average Bonchev–Trinajstić information content (AvgIpc) is 3.28. The number of nitrogens with one attached hydrogen (secondary N) is 1. The van der Waals surface area contributed by atoms with E-state index in [1.807, 2.05) is 47.5 Å². The van der Waals surface area contributed by atoms with E-state index in [1.165, 1.54) is 4.90 Å². The third-order valence-corrected chi connectivity index (χ3v) is 6.16. The second-order valence-electron chi connectivity index (χ2n) is 6.86. The standard InChI is InChI=1S/C18H21N7OS2/c1-14-12-28-16(19-14)11-17(26)23-9-7-22(8-10-23)13-24-18(27)25(21-20-24)15-5-3-2-4-6-15/h2-6,12H,7-11,13H2,1H3/p+1. The van der Waals surface area contributed by atoms with Crippen molar-refractivity contribution in [1.82, 2.24) is 29.7 Å². The van der Waals surface area contributed by atoms with Crippen molar-refractivity contribution in [3.63, 3.8) is 0 Å². The number of para-hydroxylation sites is 1. The van der Waals surface area contributed by atoms with E-state index in [0.717, 1.165) is 42.6 Å². The summed E-state index contributed by atoms with van der Waals surface area (Å²) in [5.74, 6) is 0.153. The largest absolute Gasteiger partial charge is 0.331 e. The first-order valence-corrected chi connectivity index (χ1v) is 10.5. The molecule has 1 N–H and O–H groups in total. The number of carbonyl (C=O) groups is 1. The fourth-order valence-corrected chi connectivity index (χ4v) is 4.28. The van der Waals surface area contributed by atoms with Crippen molar-refractivity contribution in [3.8, 4) is 5.69 Å². The molecule has 8 nitrogen and oxygen atoms in total. The molecule has 0 atom stereocenters. The zero-order valence-corrected chi connectivity index (χ0v) is 17.2. The fourth-order valence-electron chi connectivity index (χ4n) is 3.27. The van der Waals surface area contributed by atoms with Gasteiger partial charge in [0.1, 0.15) is 5.01 Å². The molecule has 1 aliphatic heterocycles. The van der Waals surface area contributed by atoms with Gasteiger partial charge in [-0.25, -0.2) is 4.98 Å². The van der Waals surface area contributed by atoms with E-state index >= 15 is 0 Å². The third-order valence-electron chi connectivity index (χ3n) is 4.81. The Hall–Kier alpha value is -2.43. The van der Waals surface area contributed by atoms with Crippen LogP contribution in [0, 0.1) is 11.7 Å². The van der Waals surface area contributed by atoms with Gasteiger partial charge < -0.3 is 9.80 Å². The summed E-state index contributed by atoms with van der Waals surface area (Å²) in [5.41, 5.74) is 1.88. The lowest BCUT2D eigenvalue weighted by atomic mass is 10.3. The summed E-state index contributed by atoms with van der Waals surface area (Å²) in [6.07, 6.45) is 0.393. The summed E-state index contributed by atoms with van der Waals surface area (Å²) in [7, 11) is 0. The zero-order chi connectivity index (χ0) is 19.5. The molecule has 10 heteroatoms. The predicted molar refractivity (Wildman–Crippen MR) is 108 cm³/mol. The second-order valence-corrected chi connectivity index (χ2v) is 8.16. The molecule has 0 spiro atoms. The number of carbonyl (C=O) groups excluding carboxylic acids is 1. The molecule has 0 bridgehead atoms. The van der Waals surface area contributed by atoms with Crippen molar-refractivity contribution < 1.29 is 9.69 Å². The molecule has 0 unspecified atom stereocenters. The highest BCUT2D eigenvalue weighted by molar-refractivity contribution is 7.71. The molecule has 28 heavy (non-hydrogen) atoms. The Morgan fingerprint density at radius 3 is 2.64 bits per heavy atom. The van der Waals surface area contributed by atoms with Gasteiger partial charge in [0.2, 0.25) is 10.7 Å². The average molecular weight is 417 g/mol. The molecule has 3 aromatic rings. The van der Waals surface area contributed by atoms with Crippen LogP contribution in [0.5, 0.6) is 0 Å². The van der Waals surface area contributed by atoms with E-state index in [2.05, 4.69) is 15.4 Å². The Kier molecular flexibility index (Phi) is 5.60. The lowest BCUT2D eigenvalue weighted by Gasteiger charge is -2.31. The Morgan fingerprint density at radius 2 is 1.96 bits per heavy atom. The van der Waals surface area contributed by atoms with Gasteiger partial charge in [-0.3, -0.25) is 4.79 Å². The van der Waals surface area contributed by atoms with Crippen LogP contribution in [0.3, 0.4) is 0 Å². The highest BCUT2D eigenvalue weighted by Gasteiger charge is 2.25. The number of tetrazole rings is 1. The molecule has 146 valence electrons. The van der Waals surface area contributed by atoms with Gasteiger partial charge in [-0.2, -0.15) is 9.36 Å². The van der Waals surface area contributed by atoms with Crippen molar-refractivity contribution >= 4 is 29.5 Å².